The molecule has 1 rings (SSSR count). The molecule has 4 nitrogen and oxygen atoms in total. The average molecular weight is 205 g/mol. The van der Waals surface area contributed by atoms with E-state index in [2.05, 4.69) is 0 Å². The van der Waals surface area contributed by atoms with Crippen molar-refractivity contribution in [2.45, 2.75) is 39.4 Å². The molecule has 0 unspecified atom stereocenters. The molecule has 0 radical (unpaired) electrons. The second-order valence-corrected chi connectivity index (χ2v) is 4.81. The number of ether oxygens (including phenoxy) is 1. The molecule has 0 spiro atoms. The van der Waals surface area contributed by atoms with Gasteiger partial charge in [-0.3, -0.25) is 4.18 Å². The van der Waals surface area contributed by atoms with Crippen molar-refractivity contribution in [3.05, 3.63) is 0 Å². The molecule has 5 heteroatoms. The summed E-state index contributed by atoms with van der Waals surface area (Å²) in [5.41, 5.74) is -0.441. The molecule has 1 saturated heterocycles. The van der Waals surface area contributed by atoms with Gasteiger partial charge in [-0.05, 0) is 27.7 Å². The van der Waals surface area contributed by atoms with Crippen LogP contribution >= 0.6 is 12.2 Å². The Morgan fingerprint density at radius 2 is 2.23 bits per heavy atom. The lowest BCUT2D eigenvalue weighted by Crippen LogP contribution is -2.32. The number of carbonyl (C=O) groups is 1. The van der Waals surface area contributed by atoms with Gasteiger partial charge in [-0.1, -0.05) is 0 Å². The first-order valence-electron chi connectivity index (χ1n) is 4.22. The van der Waals surface area contributed by atoms with Gasteiger partial charge in [0.2, 0.25) is 0 Å². The van der Waals surface area contributed by atoms with E-state index in [0.29, 0.717) is 6.54 Å². The Kier molecular flexibility index (Phi) is 3.08. The van der Waals surface area contributed by atoms with Gasteiger partial charge >= 0.3 is 6.09 Å². The number of nitrogens with zero attached hydrogens (tertiary/aromatic N) is 1. The number of amides is 1. The van der Waals surface area contributed by atoms with Crippen LogP contribution in [0.15, 0.2) is 0 Å². The first-order chi connectivity index (χ1) is 5.88. The van der Waals surface area contributed by atoms with Crippen LogP contribution in [0.2, 0.25) is 0 Å². The minimum atomic E-state index is -0.441. The van der Waals surface area contributed by atoms with E-state index in [1.54, 1.807) is 0 Å². The average Bonchev–Trinajstić information content (AvgIpc) is 2.31. The van der Waals surface area contributed by atoms with Gasteiger partial charge in [-0.15, -0.1) is 0 Å². The molecule has 1 heterocycles. The quantitative estimate of drug-likeness (QED) is 0.449. The van der Waals surface area contributed by atoms with Crippen LogP contribution < -0.4 is 0 Å². The summed E-state index contributed by atoms with van der Waals surface area (Å²) in [5.74, 6) is 0. The normalized spacial score (nSPS) is 23.4. The standard InChI is InChI=1S/C8H15NO3S/c1-6-5-9(13-12-6)7(10)11-8(2,3)4/h6H,5H2,1-4H3/t6-/m0/s1. The van der Waals surface area contributed by atoms with E-state index in [0.717, 1.165) is 12.2 Å². The molecule has 0 aliphatic carbocycles. The molecule has 0 saturated carbocycles. The van der Waals surface area contributed by atoms with E-state index in [4.69, 9.17) is 8.92 Å². The van der Waals surface area contributed by atoms with Crippen LogP contribution in [0.3, 0.4) is 0 Å². The summed E-state index contributed by atoms with van der Waals surface area (Å²) < 4.78 is 11.8. The maximum absolute atomic E-state index is 11.4. The Balaban J connectivity index is 2.41. The molecule has 0 N–H and O–H groups in total. The highest BCUT2D eigenvalue weighted by Crippen LogP contribution is 2.25. The van der Waals surface area contributed by atoms with E-state index in [1.807, 2.05) is 27.7 Å². The maximum atomic E-state index is 11.4. The van der Waals surface area contributed by atoms with E-state index >= 15 is 0 Å². The van der Waals surface area contributed by atoms with Crippen molar-refractivity contribution in [2.24, 2.45) is 0 Å². The fourth-order valence-corrected chi connectivity index (χ4v) is 1.52. The minimum absolute atomic E-state index is 0.0810. The van der Waals surface area contributed by atoms with Gasteiger partial charge in [-0.25, -0.2) is 9.10 Å². The van der Waals surface area contributed by atoms with Crippen molar-refractivity contribution in [3.63, 3.8) is 0 Å². The smallest absolute Gasteiger partial charge is 0.422 e. The molecule has 0 aromatic carbocycles. The summed E-state index contributed by atoms with van der Waals surface area (Å²) in [4.78, 5) is 11.4. The third-order valence-corrected chi connectivity index (χ3v) is 2.21. The molecule has 1 amide bonds. The Morgan fingerprint density at radius 3 is 2.62 bits per heavy atom. The van der Waals surface area contributed by atoms with Crippen molar-refractivity contribution >= 4 is 18.3 Å². The summed E-state index contributed by atoms with van der Waals surface area (Å²) in [6.45, 7) is 8.03. The maximum Gasteiger partial charge on any atom is 0.422 e. The lowest BCUT2D eigenvalue weighted by atomic mass is 10.2. The molecule has 13 heavy (non-hydrogen) atoms. The van der Waals surface area contributed by atoms with Crippen molar-refractivity contribution in [1.29, 1.82) is 0 Å². The van der Waals surface area contributed by atoms with Crippen LogP contribution in [0, 0.1) is 0 Å². The molecule has 0 bridgehead atoms. The molecule has 1 aliphatic heterocycles. The highest BCUT2D eigenvalue weighted by Gasteiger charge is 2.29. The number of hydrogen-bond acceptors (Lipinski definition) is 4. The second-order valence-electron chi connectivity index (χ2n) is 4.02. The minimum Gasteiger partial charge on any atom is -0.443 e. The van der Waals surface area contributed by atoms with Crippen molar-refractivity contribution < 1.29 is 13.7 Å². The van der Waals surface area contributed by atoms with E-state index in [1.165, 1.54) is 4.31 Å². The van der Waals surface area contributed by atoms with Gasteiger partial charge in [0.1, 0.15) is 17.8 Å². The lowest BCUT2D eigenvalue weighted by Gasteiger charge is -2.22. The topological polar surface area (TPSA) is 38.8 Å². The van der Waals surface area contributed by atoms with Gasteiger partial charge in [0.25, 0.3) is 0 Å². The summed E-state index contributed by atoms with van der Waals surface area (Å²) in [6.07, 6.45) is -0.251. The van der Waals surface area contributed by atoms with Gasteiger partial charge in [0.05, 0.1) is 12.6 Å². The highest BCUT2D eigenvalue weighted by molar-refractivity contribution is 7.93. The number of hydrogen-bond donors (Lipinski definition) is 0. The molecule has 0 aromatic heterocycles. The zero-order valence-electron chi connectivity index (χ0n) is 8.36. The lowest BCUT2D eigenvalue weighted by molar-refractivity contribution is 0.0408. The Bertz CT molecular complexity index is 202. The monoisotopic (exact) mass is 205 g/mol. The van der Waals surface area contributed by atoms with Crippen molar-refractivity contribution in [3.8, 4) is 0 Å². The largest absolute Gasteiger partial charge is 0.443 e. The summed E-state index contributed by atoms with van der Waals surface area (Å²) >= 11 is 1.06. The van der Waals surface area contributed by atoms with Gasteiger partial charge < -0.3 is 4.74 Å². The predicted octanol–water partition coefficient (Wildman–Crippen LogP) is 2.21. The number of carbonyl (C=O) groups excluding carboxylic acids is 1. The Morgan fingerprint density at radius 1 is 1.62 bits per heavy atom. The van der Waals surface area contributed by atoms with Gasteiger partial charge in [0.15, 0.2) is 0 Å². The molecule has 1 aliphatic rings. The van der Waals surface area contributed by atoms with E-state index in [-0.39, 0.29) is 12.2 Å². The SMILES string of the molecule is C[C@H]1CN(C(=O)OC(C)(C)C)SO1. The molecule has 0 aromatic rings. The molecule has 76 valence electrons. The number of rotatable bonds is 0. The van der Waals surface area contributed by atoms with Crippen LogP contribution in [0.1, 0.15) is 27.7 Å². The third kappa shape index (κ3) is 3.44. The summed E-state index contributed by atoms with van der Waals surface area (Å²) in [5, 5.41) is 0. The fraction of sp³-hybridized carbons (Fsp3) is 0.875. The molecule has 1 atom stereocenters. The van der Waals surface area contributed by atoms with Crippen LogP contribution in [0.25, 0.3) is 0 Å². The van der Waals surface area contributed by atoms with E-state index in [9.17, 15) is 4.79 Å². The fourth-order valence-electron chi connectivity index (χ4n) is 0.838. The molecule has 1 fully saturated rings. The highest BCUT2D eigenvalue weighted by atomic mass is 32.2. The van der Waals surface area contributed by atoms with Crippen LogP contribution in [0.5, 0.6) is 0 Å². The van der Waals surface area contributed by atoms with E-state index < -0.39 is 5.60 Å². The first kappa shape index (κ1) is 10.7. The molecular weight excluding hydrogens is 190 g/mol. The predicted molar refractivity (Wildman–Crippen MR) is 51.1 cm³/mol. The van der Waals surface area contributed by atoms with Crippen LogP contribution in [0.4, 0.5) is 4.79 Å². The summed E-state index contributed by atoms with van der Waals surface area (Å²) in [7, 11) is 0. The first-order valence-corrected chi connectivity index (χ1v) is 4.92. The van der Waals surface area contributed by atoms with Crippen LogP contribution in [-0.2, 0) is 8.92 Å². The Hall–Kier alpha value is -0.420. The summed E-state index contributed by atoms with van der Waals surface area (Å²) in [6, 6.07) is 0. The zero-order chi connectivity index (χ0) is 10.1. The third-order valence-electron chi connectivity index (χ3n) is 1.32. The van der Waals surface area contributed by atoms with Gasteiger partial charge in [0, 0.05) is 0 Å². The van der Waals surface area contributed by atoms with Crippen LogP contribution in [-0.4, -0.2) is 28.6 Å². The van der Waals surface area contributed by atoms with Crippen molar-refractivity contribution in [1.82, 2.24) is 4.31 Å². The van der Waals surface area contributed by atoms with Crippen molar-refractivity contribution in [2.75, 3.05) is 6.54 Å². The van der Waals surface area contributed by atoms with Gasteiger partial charge in [-0.2, -0.15) is 0 Å². The zero-order valence-corrected chi connectivity index (χ0v) is 9.18. The Labute approximate surface area is 82.9 Å². The second kappa shape index (κ2) is 3.75. The molecular formula is C8H15NO3S.